The smallest absolute Gasteiger partial charge is 0.246 e. The number of aryl methyl sites for hydroxylation is 2. The number of nitrogens with zero attached hydrogens (tertiary/aromatic N) is 3. The van der Waals surface area contributed by atoms with E-state index in [0.717, 1.165) is 12.2 Å². The number of thiophene rings is 1. The molecule has 0 N–H and O–H groups in total. The lowest BCUT2D eigenvalue weighted by atomic mass is 10.2. The molecule has 1 atom stereocenters. The Kier molecular flexibility index (Phi) is 4.87. The summed E-state index contributed by atoms with van der Waals surface area (Å²) in [4.78, 5) is 1.71. The van der Waals surface area contributed by atoms with Crippen LogP contribution in [-0.2, 0) is 17.1 Å². The topological polar surface area (TPSA) is 55.2 Å². The maximum Gasteiger partial charge on any atom is 0.246 e. The van der Waals surface area contributed by atoms with Gasteiger partial charge in [-0.2, -0.15) is 21.2 Å². The first-order valence-electron chi connectivity index (χ1n) is 7.56. The zero-order valence-corrected chi connectivity index (χ0v) is 16.0. The third-order valence-corrected chi connectivity index (χ3v) is 8.80. The SMILES string of the molecule is Cc1nn(C)c(C)c1S(=O)(=O)N1CCS[C@@H](c2cccs2)CC1. The quantitative estimate of drug-likeness (QED) is 0.832. The number of hydrogen-bond acceptors (Lipinski definition) is 5. The van der Waals surface area contributed by atoms with Crippen molar-refractivity contribution in [1.82, 2.24) is 14.1 Å². The van der Waals surface area contributed by atoms with Gasteiger partial charge in [0.2, 0.25) is 10.0 Å². The van der Waals surface area contributed by atoms with E-state index in [1.54, 1.807) is 34.3 Å². The van der Waals surface area contributed by atoms with Gasteiger partial charge in [0.1, 0.15) is 4.90 Å². The number of rotatable bonds is 3. The Morgan fingerprint density at radius 1 is 1.30 bits per heavy atom. The first-order valence-corrected chi connectivity index (χ1v) is 10.9. The van der Waals surface area contributed by atoms with E-state index in [1.165, 1.54) is 4.88 Å². The molecule has 0 radical (unpaired) electrons. The van der Waals surface area contributed by atoms with Gasteiger partial charge in [-0.3, -0.25) is 4.68 Å². The highest BCUT2D eigenvalue weighted by Crippen LogP contribution is 2.38. The minimum atomic E-state index is -3.48. The van der Waals surface area contributed by atoms with Crippen LogP contribution < -0.4 is 0 Å². The molecular weight excluding hydrogens is 350 g/mol. The van der Waals surface area contributed by atoms with Crippen molar-refractivity contribution < 1.29 is 8.42 Å². The molecule has 1 aliphatic rings. The second kappa shape index (κ2) is 6.58. The standard InChI is InChI=1S/C15H21N3O2S3/c1-11-15(12(2)17(3)16-11)23(19,20)18-7-6-14(22-10-8-18)13-5-4-9-21-13/h4-5,9,14H,6-8,10H2,1-3H3/t14-/m1/s1. The maximum atomic E-state index is 13.1. The molecule has 2 aromatic rings. The lowest BCUT2D eigenvalue weighted by Crippen LogP contribution is -2.33. The Labute approximate surface area is 145 Å². The summed E-state index contributed by atoms with van der Waals surface area (Å²) in [6, 6.07) is 4.20. The van der Waals surface area contributed by atoms with E-state index in [2.05, 4.69) is 22.6 Å². The van der Waals surface area contributed by atoms with Crippen molar-refractivity contribution in [3.63, 3.8) is 0 Å². The highest BCUT2D eigenvalue weighted by molar-refractivity contribution is 7.99. The highest BCUT2D eigenvalue weighted by atomic mass is 32.2. The van der Waals surface area contributed by atoms with Crippen LogP contribution in [0.25, 0.3) is 0 Å². The highest BCUT2D eigenvalue weighted by Gasteiger charge is 2.32. The van der Waals surface area contributed by atoms with Gasteiger partial charge in [0.15, 0.2) is 0 Å². The van der Waals surface area contributed by atoms with Crippen molar-refractivity contribution in [2.24, 2.45) is 7.05 Å². The van der Waals surface area contributed by atoms with Crippen molar-refractivity contribution in [2.75, 3.05) is 18.8 Å². The average molecular weight is 372 g/mol. The van der Waals surface area contributed by atoms with Gasteiger partial charge >= 0.3 is 0 Å². The molecule has 0 aliphatic carbocycles. The Morgan fingerprint density at radius 2 is 2.09 bits per heavy atom. The summed E-state index contributed by atoms with van der Waals surface area (Å²) in [6.45, 7) is 4.70. The Morgan fingerprint density at radius 3 is 2.70 bits per heavy atom. The molecule has 3 heterocycles. The third-order valence-electron chi connectivity index (χ3n) is 4.20. The van der Waals surface area contributed by atoms with Gasteiger partial charge in [0.25, 0.3) is 0 Å². The van der Waals surface area contributed by atoms with Gasteiger partial charge in [-0.25, -0.2) is 8.42 Å². The molecule has 1 saturated heterocycles. The third kappa shape index (κ3) is 3.22. The van der Waals surface area contributed by atoms with Crippen LogP contribution >= 0.6 is 23.1 Å². The molecule has 8 heteroatoms. The molecule has 0 saturated carbocycles. The molecule has 5 nitrogen and oxygen atoms in total. The van der Waals surface area contributed by atoms with E-state index in [-0.39, 0.29) is 0 Å². The summed E-state index contributed by atoms with van der Waals surface area (Å²) in [6.07, 6.45) is 0.850. The monoisotopic (exact) mass is 371 g/mol. The van der Waals surface area contributed by atoms with Crippen LogP contribution in [-0.4, -0.2) is 41.3 Å². The largest absolute Gasteiger partial charge is 0.271 e. The van der Waals surface area contributed by atoms with Crippen LogP contribution in [0.2, 0.25) is 0 Å². The lowest BCUT2D eigenvalue weighted by molar-refractivity contribution is 0.427. The molecule has 0 spiro atoms. The lowest BCUT2D eigenvalue weighted by Gasteiger charge is -2.20. The van der Waals surface area contributed by atoms with Crippen LogP contribution in [0.1, 0.15) is 27.9 Å². The fraction of sp³-hybridized carbons (Fsp3) is 0.533. The first-order chi connectivity index (χ1) is 10.9. The minimum Gasteiger partial charge on any atom is -0.271 e. The molecule has 0 aromatic carbocycles. The molecule has 3 rings (SSSR count). The number of thioether (sulfide) groups is 1. The predicted octanol–water partition coefficient (Wildman–Crippen LogP) is 2.97. The second-order valence-corrected chi connectivity index (χ2v) is 9.86. The van der Waals surface area contributed by atoms with Crippen LogP contribution in [0.5, 0.6) is 0 Å². The first kappa shape index (κ1) is 17.0. The Balaban J connectivity index is 1.84. The van der Waals surface area contributed by atoms with Gasteiger partial charge in [-0.1, -0.05) is 6.07 Å². The minimum absolute atomic E-state index is 0.375. The number of sulfonamides is 1. The van der Waals surface area contributed by atoms with Gasteiger partial charge in [-0.05, 0) is 31.7 Å². The summed E-state index contributed by atoms with van der Waals surface area (Å²) in [5, 5.41) is 6.73. The van der Waals surface area contributed by atoms with Gasteiger partial charge < -0.3 is 0 Å². The molecular formula is C15H21N3O2S3. The van der Waals surface area contributed by atoms with Crippen LogP contribution in [0.4, 0.5) is 0 Å². The van der Waals surface area contributed by atoms with Gasteiger partial charge in [0.05, 0.1) is 11.4 Å². The van der Waals surface area contributed by atoms with E-state index in [0.29, 0.717) is 34.6 Å². The molecule has 126 valence electrons. The summed E-state index contributed by atoms with van der Waals surface area (Å²) < 4.78 is 29.4. The second-order valence-electron chi connectivity index (χ2n) is 5.69. The van der Waals surface area contributed by atoms with Crippen molar-refractivity contribution in [3.8, 4) is 0 Å². The Hall–Kier alpha value is -0.830. The fourth-order valence-corrected chi connectivity index (χ4v) is 7.16. The van der Waals surface area contributed by atoms with E-state index in [4.69, 9.17) is 0 Å². The molecule has 0 amide bonds. The van der Waals surface area contributed by atoms with Crippen molar-refractivity contribution in [2.45, 2.75) is 30.4 Å². The number of hydrogen-bond donors (Lipinski definition) is 0. The van der Waals surface area contributed by atoms with Crippen molar-refractivity contribution >= 4 is 33.1 Å². The zero-order valence-electron chi connectivity index (χ0n) is 13.5. The predicted molar refractivity (Wildman–Crippen MR) is 95.6 cm³/mol. The number of aromatic nitrogens is 2. The van der Waals surface area contributed by atoms with Crippen molar-refractivity contribution in [3.05, 3.63) is 33.8 Å². The van der Waals surface area contributed by atoms with Crippen molar-refractivity contribution in [1.29, 1.82) is 0 Å². The van der Waals surface area contributed by atoms with Crippen LogP contribution in [0.15, 0.2) is 22.4 Å². The Bertz CT molecular complexity index is 781. The molecule has 1 aliphatic heterocycles. The summed E-state index contributed by atoms with van der Waals surface area (Å²) in [5.74, 6) is 0.820. The molecule has 0 unspecified atom stereocenters. The van der Waals surface area contributed by atoms with Crippen LogP contribution in [0, 0.1) is 13.8 Å². The van der Waals surface area contributed by atoms with Crippen LogP contribution in [0.3, 0.4) is 0 Å². The molecule has 1 fully saturated rings. The van der Waals surface area contributed by atoms with E-state index < -0.39 is 10.0 Å². The molecule has 2 aromatic heterocycles. The van der Waals surface area contributed by atoms with E-state index >= 15 is 0 Å². The van der Waals surface area contributed by atoms with Gasteiger partial charge in [0, 0.05) is 36.0 Å². The van der Waals surface area contributed by atoms with Gasteiger partial charge in [-0.15, -0.1) is 11.3 Å². The fourth-order valence-electron chi connectivity index (χ4n) is 2.95. The maximum absolute atomic E-state index is 13.1. The molecule has 0 bridgehead atoms. The molecule has 23 heavy (non-hydrogen) atoms. The van der Waals surface area contributed by atoms with E-state index in [9.17, 15) is 8.42 Å². The summed E-state index contributed by atoms with van der Waals surface area (Å²) >= 11 is 3.60. The summed E-state index contributed by atoms with van der Waals surface area (Å²) in [7, 11) is -1.69. The zero-order chi connectivity index (χ0) is 16.6. The van der Waals surface area contributed by atoms with E-state index in [1.807, 2.05) is 18.7 Å². The summed E-state index contributed by atoms with van der Waals surface area (Å²) in [5.41, 5.74) is 1.28. The normalized spacial score (nSPS) is 20.6. The average Bonchev–Trinajstić information content (AvgIpc) is 3.01.